The number of nitrogens with two attached hydrogens (primary N) is 1. The van der Waals surface area contributed by atoms with E-state index in [1.807, 2.05) is 13.8 Å². The quantitative estimate of drug-likeness (QED) is 0.859. The van der Waals surface area contributed by atoms with Crippen molar-refractivity contribution in [2.45, 2.75) is 45.6 Å². The summed E-state index contributed by atoms with van der Waals surface area (Å²) < 4.78 is 5.17. The summed E-state index contributed by atoms with van der Waals surface area (Å²) in [6, 6.07) is 1.74. The average Bonchev–Trinajstić information content (AvgIpc) is 2.13. The van der Waals surface area contributed by atoms with Gasteiger partial charge in [-0.05, 0) is 13.8 Å². The molecule has 5 heteroatoms. The number of ether oxygens (including phenoxy) is 1. The van der Waals surface area contributed by atoms with Crippen molar-refractivity contribution in [1.29, 1.82) is 0 Å². The van der Waals surface area contributed by atoms with E-state index in [2.05, 4.69) is 36.1 Å². The number of hydrogen-bond donors (Lipinski definition) is 2. The molecule has 0 amide bonds. The molecule has 5 nitrogen and oxygen atoms in total. The van der Waals surface area contributed by atoms with Crippen molar-refractivity contribution in [3.63, 3.8) is 0 Å². The van der Waals surface area contributed by atoms with Gasteiger partial charge < -0.3 is 15.8 Å². The second kappa shape index (κ2) is 5.10. The fourth-order valence-electron chi connectivity index (χ4n) is 1.61. The summed E-state index contributed by atoms with van der Waals surface area (Å²) in [4.78, 5) is 8.79. The molecule has 3 N–H and O–H groups in total. The molecule has 0 spiro atoms. The summed E-state index contributed by atoms with van der Waals surface area (Å²) >= 11 is 0. The van der Waals surface area contributed by atoms with E-state index in [1.54, 1.807) is 13.2 Å². The van der Waals surface area contributed by atoms with Crippen LogP contribution in [-0.2, 0) is 10.2 Å². The standard InChI is InChI=1S/C13H24N4O/c1-12(2,3)11-15-9(14)7-10(16-11)17-13(4,5)8-18-6/h7H,8H2,1-6H3,(H3,14,15,16,17). The van der Waals surface area contributed by atoms with E-state index in [1.165, 1.54) is 0 Å². The van der Waals surface area contributed by atoms with E-state index >= 15 is 0 Å². The number of nitrogens with zero attached hydrogens (tertiary/aromatic N) is 2. The lowest BCUT2D eigenvalue weighted by atomic mass is 9.95. The van der Waals surface area contributed by atoms with E-state index in [4.69, 9.17) is 10.5 Å². The van der Waals surface area contributed by atoms with Gasteiger partial charge in [-0.1, -0.05) is 20.8 Å². The molecular formula is C13H24N4O. The van der Waals surface area contributed by atoms with Crippen molar-refractivity contribution >= 4 is 11.6 Å². The zero-order chi connectivity index (χ0) is 14.0. The van der Waals surface area contributed by atoms with Gasteiger partial charge in [-0.15, -0.1) is 0 Å². The Morgan fingerprint density at radius 1 is 1.22 bits per heavy atom. The molecule has 0 aliphatic heterocycles. The molecule has 0 saturated heterocycles. The molecule has 0 unspecified atom stereocenters. The second-order valence-electron chi connectivity index (χ2n) is 6.19. The van der Waals surface area contributed by atoms with E-state index < -0.39 is 0 Å². The molecule has 1 aromatic heterocycles. The molecular weight excluding hydrogens is 228 g/mol. The highest BCUT2D eigenvalue weighted by Gasteiger charge is 2.22. The largest absolute Gasteiger partial charge is 0.384 e. The number of aromatic nitrogens is 2. The average molecular weight is 252 g/mol. The van der Waals surface area contributed by atoms with Crippen LogP contribution in [0.2, 0.25) is 0 Å². The van der Waals surface area contributed by atoms with Crippen molar-refractivity contribution < 1.29 is 4.74 Å². The van der Waals surface area contributed by atoms with E-state index in [0.29, 0.717) is 12.4 Å². The van der Waals surface area contributed by atoms with Gasteiger partial charge in [-0.3, -0.25) is 0 Å². The van der Waals surface area contributed by atoms with Crippen LogP contribution >= 0.6 is 0 Å². The molecule has 1 aromatic rings. The van der Waals surface area contributed by atoms with Gasteiger partial charge in [0, 0.05) is 18.6 Å². The first kappa shape index (κ1) is 14.7. The smallest absolute Gasteiger partial charge is 0.138 e. The van der Waals surface area contributed by atoms with Crippen molar-refractivity contribution in [2.24, 2.45) is 0 Å². The van der Waals surface area contributed by atoms with Crippen LogP contribution in [0.3, 0.4) is 0 Å². The van der Waals surface area contributed by atoms with Crippen molar-refractivity contribution in [1.82, 2.24) is 9.97 Å². The first-order valence-electron chi connectivity index (χ1n) is 6.06. The summed E-state index contributed by atoms with van der Waals surface area (Å²) in [5.74, 6) is 1.94. The lowest BCUT2D eigenvalue weighted by molar-refractivity contribution is 0.158. The maximum atomic E-state index is 5.83. The predicted octanol–water partition coefficient (Wildman–Crippen LogP) is 2.19. The summed E-state index contributed by atoms with van der Waals surface area (Å²) in [5, 5.41) is 3.32. The van der Waals surface area contributed by atoms with Gasteiger partial charge >= 0.3 is 0 Å². The maximum Gasteiger partial charge on any atom is 0.138 e. The maximum absolute atomic E-state index is 5.83. The van der Waals surface area contributed by atoms with Crippen LogP contribution in [0.25, 0.3) is 0 Å². The third kappa shape index (κ3) is 4.14. The molecule has 1 heterocycles. The normalized spacial score (nSPS) is 12.6. The molecule has 0 bridgehead atoms. The summed E-state index contributed by atoms with van der Waals surface area (Å²) in [7, 11) is 1.68. The minimum absolute atomic E-state index is 0.128. The summed E-state index contributed by atoms with van der Waals surface area (Å²) in [6.45, 7) is 10.9. The highest BCUT2D eigenvalue weighted by atomic mass is 16.5. The summed E-state index contributed by atoms with van der Waals surface area (Å²) in [6.07, 6.45) is 0. The van der Waals surface area contributed by atoms with Gasteiger partial charge in [0.15, 0.2) is 0 Å². The van der Waals surface area contributed by atoms with Crippen LogP contribution in [0.5, 0.6) is 0 Å². The SMILES string of the molecule is COCC(C)(C)Nc1cc(N)nc(C(C)(C)C)n1. The monoisotopic (exact) mass is 252 g/mol. The Labute approximate surface area is 109 Å². The third-order valence-corrected chi connectivity index (χ3v) is 2.39. The Balaban J connectivity index is 3.00. The van der Waals surface area contributed by atoms with Gasteiger partial charge in [0.1, 0.15) is 17.5 Å². The molecule has 0 aliphatic rings. The number of methoxy groups -OCH3 is 1. The number of nitrogens with one attached hydrogen (secondary N) is 1. The Morgan fingerprint density at radius 2 is 1.83 bits per heavy atom. The topological polar surface area (TPSA) is 73.1 Å². The fourth-order valence-corrected chi connectivity index (χ4v) is 1.61. The van der Waals surface area contributed by atoms with Crippen LogP contribution in [-0.4, -0.2) is 29.2 Å². The van der Waals surface area contributed by atoms with Crippen molar-refractivity contribution in [3.05, 3.63) is 11.9 Å². The lowest BCUT2D eigenvalue weighted by Crippen LogP contribution is -2.36. The van der Waals surface area contributed by atoms with E-state index in [9.17, 15) is 0 Å². The number of anilines is 2. The van der Waals surface area contributed by atoms with Crippen LogP contribution in [0.4, 0.5) is 11.6 Å². The van der Waals surface area contributed by atoms with Crippen LogP contribution < -0.4 is 11.1 Å². The molecule has 1 rings (SSSR count). The van der Waals surface area contributed by atoms with E-state index in [-0.39, 0.29) is 11.0 Å². The van der Waals surface area contributed by atoms with Crippen molar-refractivity contribution in [2.75, 3.05) is 24.8 Å². The molecule has 0 radical (unpaired) electrons. The fraction of sp³-hybridized carbons (Fsp3) is 0.692. The predicted molar refractivity (Wildman–Crippen MR) is 74.7 cm³/mol. The molecule has 0 atom stereocenters. The zero-order valence-electron chi connectivity index (χ0n) is 12.2. The number of nitrogen functional groups attached to an aromatic ring is 1. The molecule has 0 saturated carbocycles. The minimum atomic E-state index is -0.204. The van der Waals surface area contributed by atoms with Gasteiger partial charge in [-0.2, -0.15) is 0 Å². The van der Waals surface area contributed by atoms with Gasteiger partial charge in [0.25, 0.3) is 0 Å². The third-order valence-electron chi connectivity index (χ3n) is 2.39. The van der Waals surface area contributed by atoms with Crippen LogP contribution in [0, 0.1) is 0 Å². The highest BCUT2D eigenvalue weighted by molar-refractivity contribution is 5.46. The van der Waals surface area contributed by atoms with Gasteiger partial charge in [0.05, 0.1) is 12.1 Å². The molecule has 18 heavy (non-hydrogen) atoms. The Hall–Kier alpha value is -1.36. The van der Waals surface area contributed by atoms with E-state index in [0.717, 1.165) is 11.6 Å². The van der Waals surface area contributed by atoms with Gasteiger partial charge in [-0.25, -0.2) is 9.97 Å². The second-order valence-corrected chi connectivity index (χ2v) is 6.19. The first-order chi connectivity index (χ1) is 8.14. The van der Waals surface area contributed by atoms with Crippen LogP contribution in [0.15, 0.2) is 6.07 Å². The molecule has 0 aromatic carbocycles. The zero-order valence-corrected chi connectivity index (χ0v) is 12.2. The molecule has 102 valence electrons. The Morgan fingerprint density at radius 3 is 2.33 bits per heavy atom. The first-order valence-corrected chi connectivity index (χ1v) is 6.06. The Bertz CT molecular complexity index is 410. The summed E-state index contributed by atoms with van der Waals surface area (Å²) in [5.41, 5.74) is 5.50. The van der Waals surface area contributed by atoms with Crippen LogP contribution in [0.1, 0.15) is 40.4 Å². The highest BCUT2D eigenvalue weighted by Crippen LogP contribution is 2.22. The number of hydrogen-bond acceptors (Lipinski definition) is 5. The lowest BCUT2D eigenvalue weighted by Gasteiger charge is -2.27. The molecule has 0 fully saturated rings. The van der Waals surface area contributed by atoms with Crippen molar-refractivity contribution in [3.8, 4) is 0 Å². The number of rotatable bonds is 4. The molecule has 0 aliphatic carbocycles. The minimum Gasteiger partial charge on any atom is -0.384 e. The Kier molecular flexibility index (Phi) is 4.16. The van der Waals surface area contributed by atoms with Gasteiger partial charge in [0.2, 0.25) is 0 Å².